The van der Waals surface area contributed by atoms with Gasteiger partial charge in [-0.2, -0.15) is 8.42 Å². The number of carbonyl (C=O) groups is 1. The topological polar surface area (TPSA) is 110 Å². The van der Waals surface area contributed by atoms with Crippen molar-refractivity contribution in [1.82, 2.24) is 9.97 Å². The molecule has 0 atom stereocenters. The molecule has 3 rings (SSSR count). The van der Waals surface area contributed by atoms with E-state index in [1.165, 1.54) is 25.3 Å². The molecule has 2 aromatic heterocycles. The van der Waals surface area contributed by atoms with Gasteiger partial charge in [0.05, 0.1) is 18.1 Å². The first kappa shape index (κ1) is 15.3. The summed E-state index contributed by atoms with van der Waals surface area (Å²) in [5.41, 5.74) is 1.05. The van der Waals surface area contributed by atoms with Crippen LogP contribution in [-0.2, 0) is 14.9 Å². The van der Waals surface area contributed by atoms with Crippen molar-refractivity contribution in [2.45, 2.75) is 4.21 Å². The molecule has 1 amide bonds. The van der Waals surface area contributed by atoms with Gasteiger partial charge in [-0.3, -0.25) is 5.32 Å². The van der Waals surface area contributed by atoms with Crippen LogP contribution in [0.2, 0.25) is 0 Å². The fourth-order valence-electron chi connectivity index (χ4n) is 1.82. The number of carbonyl (C=O) groups excluding carboxylic acids is 1. The maximum Gasteiger partial charge on any atom is 0.413 e. The number of aromatic amines is 1. The Bertz CT molecular complexity index is 947. The van der Waals surface area contributed by atoms with E-state index in [0.29, 0.717) is 11.0 Å². The predicted octanol–water partition coefficient (Wildman–Crippen LogP) is 2.57. The average molecular weight is 353 g/mol. The summed E-state index contributed by atoms with van der Waals surface area (Å²) in [4.78, 5) is 18.1. The highest BCUT2D eigenvalue weighted by atomic mass is 32.3. The molecule has 2 N–H and O–H groups in total. The molecule has 10 heteroatoms. The van der Waals surface area contributed by atoms with E-state index in [2.05, 4.69) is 20.0 Å². The second kappa shape index (κ2) is 5.89. The lowest BCUT2D eigenvalue weighted by Crippen LogP contribution is -2.11. The van der Waals surface area contributed by atoms with Crippen LogP contribution >= 0.6 is 11.3 Å². The van der Waals surface area contributed by atoms with Crippen LogP contribution in [0.4, 0.5) is 10.7 Å². The lowest BCUT2D eigenvalue weighted by molar-refractivity contribution is 0.186. The van der Waals surface area contributed by atoms with Crippen molar-refractivity contribution < 1.29 is 22.1 Å². The number of amides is 1. The number of benzene rings is 1. The van der Waals surface area contributed by atoms with Crippen LogP contribution < -0.4 is 9.50 Å². The van der Waals surface area contributed by atoms with Gasteiger partial charge in [0.25, 0.3) is 0 Å². The molecule has 0 bridgehead atoms. The number of thiophene rings is 1. The van der Waals surface area contributed by atoms with Gasteiger partial charge in [0.15, 0.2) is 4.21 Å². The number of hydrogen-bond donors (Lipinski definition) is 2. The van der Waals surface area contributed by atoms with Gasteiger partial charge in [0.1, 0.15) is 5.75 Å². The fraction of sp³-hybridized carbons (Fsp3) is 0.0769. The van der Waals surface area contributed by atoms with Crippen LogP contribution in [0.5, 0.6) is 5.75 Å². The molecule has 1 aromatic carbocycles. The van der Waals surface area contributed by atoms with Crippen LogP contribution in [0.25, 0.3) is 11.0 Å². The van der Waals surface area contributed by atoms with Crippen LogP contribution in [0, 0.1) is 0 Å². The van der Waals surface area contributed by atoms with Gasteiger partial charge < -0.3 is 13.9 Å². The zero-order valence-corrected chi connectivity index (χ0v) is 13.4. The number of hydrogen-bond acceptors (Lipinski definition) is 7. The van der Waals surface area contributed by atoms with E-state index >= 15 is 0 Å². The zero-order chi connectivity index (χ0) is 16.4. The summed E-state index contributed by atoms with van der Waals surface area (Å²) in [6.45, 7) is 0. The Labute approximate surface area is 135 Å². The Kier molecular flexibility index (Phi) is 3.92. The summed E-state index contributed by atoms with van der Waals surface area (Å²) in [6, 6.07) is 7.64. The number of nitrogens with zero attached hydrogens (tertiary/aromatic N) is 1. The third-order valence-corrected chi connectivity index (χ3v) is 5.41. The third-order valence-electron chi connectivity index (χ3n) is 2.81. The molecular weight excluding hydrogens is 342 g/mol. The second-order valence-corrected chi connectivity index (χ2v) is 7.07. The van der Waals surface area contributed by atoms with E-state index < -0.39 is 16.2 Å². The minimum atomic E-state index is -3.86. The number of H-pyrrole nitrogens is 1. The Morgan fingerprint density at radius 1 is 1.35 bits per heavy atom. The molecule has 0 saturated carbocycles. The minimum Gasteiger partial charge on any atom is -0.453 e. The Hall–Kier alpha value is -2.59. The number of imidazole rings is 1. The van der Waals surface area contributed by atoms with Gasteiger partial charge in [0.2, 0.25) is 5.95 Å². The highest BCUT2D eigenvalue weighted by Gasteiger charge is 2.18. The zero-order valence-electron chi connectivity index (χ0n) is 11.8. The van der Waals surface area contributed by atoms with Crippen molar-refractivity contribution in [2.24, 2.45) is 0 Å². The highest BCUT2D eigenvalue weighted by Crippen LogP contribution is 2.25. The molecule has 0 radical (unpaired) electrons. The van der Waals surface area contributed by atoms with Gasteiger partial charge in [-0.1, -0.05) is 6.07 Å². The lowest BCUT2D eigenvalue weighted by atomic mass is 10.3. The first-order valence-corrected chi connectivity index (χ1v) is 8.59. The van der Waals surface area contributed by atoms with E-state index in [0.717, 1.165) is 11.3 Å². The molecule has 0 spiro atoms. The van der Waals surface area contributed by atoms with E-state index in [1.807, 2.05) is 0 Å². The first-order chi connectivity index (χ1) is 11.0. The summed E-state index contributed by atoms with van der Waals surface area (Å²) in [5.74, 6) is 0.312. The standard InChI is InChI=1S/C13H11N3O5S2/c1-20-13(17)16-12-14-9-5-4-8(7-10(9)15-12)21-23(18,19)11-3-2-6-22-11/h2-7H,1H3,(H2,14,15,16,17). The van der Waals surface area contributed by atoms with Crippen molar-refractivity contribution in [2.75, 3.05) is 12.4 Å². The molecule has 0 unspecified atom stereocenters. The monoisotopic (exact) mass is 353 g/mol. The van der Waals surface area contributed by atoms with Crippen molar-refractivity contribution >= 4 is 44.5 Å². The molecule has 0 saturated heterocycles. The molecule has 120 valence electrons. The third kappa shape index (κ3) is 3.27. The number of fused-ring (bicyclic) bond motifs is 1. The molecule has 3 aromatic rings. The largest absolute Gasteiger partial charge is 0.453 e. The van der Waals surface area contributed by atoms with Crippen LogP contribution in [0.15, 0.2) is 39.9 Å². The summed E-state index contributed by atoms with van der Waals surface area (Å²) in [6.07, 6.45) is -0.666. The first-order valence-electron chi connectivity index (χ1n) is 6.31. The van der Waals surface area contributed by atoms with Crippen LogP contribution in [0.3, 0.4) is 0 Å². The number of methoxy groups -OCH3 is 1. The fourth-order valence-corrected chi connectivity index (χ4v) is 3.69. The minimum absolute atomic E-state index is 0.118. The Morgan fingerprint density at radius 3 is 2.87 bits per heavy atom. The highest BCUT2D eigenvalue weighted by molar-refractivity contribution is 7.89. The molecule has 23 heavy (non-hydrogen) atoms. The summed E-state index contributed by atoms with van der Waals surface area (Å²) in [5, 5.41) is 4.04. The lowest BCUT2D eigenvalue weighted by Gasteiger charge is -2.04. The molecule has 0 fully saturated rings. The maximum atomic E-state index is 12.1. The van der Waals surface area contributed by atoms with Crippen molar-refractivity contribution in [3.63, 3.8) is 0 Å². The Morgan fingerprint density at radius 2 is 2.17 bits per heavy atom. The van der Waals surface area contributed by atoms with E-state index in [9.17, 15) is 13.2 Å². The number of anilines is 1. The maximum absolute atomic E-state index is 12.1. The van der Waals surface area contributed by atoms with E-state index in [-0.39, 0.29) is 15.9 Å². The van der Waals surface area contributed by atoms with Crippen molar-refractivity contribution in [1.29, 1.82) is 0 Å². The smallest absolute Gasteiger partial charge is 0.413 e. The Balaban J connectivity index is 1.87. The normalized spacial score (nSPS) is 11.3. The SMILES string of the molecule is COC(=O)Nc1nc2cc(OS(=O)(=O)c3cccs3)ccc2[nH]1. The number of nitrogens with one attached hydrogen (secondary N) is 2. The number of ether oxygens (including phenoxy) is 1. The van der Waals surface area contributed by atoms with Crippen LogP contribution in [0.1, 0.15) is 0 Å². The number of rotatable bonds is 4. The quantitative estimate of drug-likeness (QED) is 0.698. The van der Waals surface area contributed by atoms with Gasteiger partial charge in [-0.25, -0.2) is 9.78 Å². The second-order valence-electron chi connectivity index (χ2n) is 4.35. The van der Waals surface area contributed by atoms with E-state index in [4.69, 9.17) is 4.18 Å². The molecule has 0 aliphatic rings. The summed E-state index contributed by atoms with van der Waals surface area (Å²) >= 11 is 1.07. The van der Waals surface area contributed by atoms with Crippen molar-refractivity contribution in [3.8, 4) is 5.75 Å². The molecule has 0 aliphatic carbocycles. The molecule has 2 heterocycles. The van der Waals surface area contributed by atoms with E-state index in [1.54, 1.807) is 17.5 Å². The van der Waals surface area contributed by atoms with Crippen LogP contribution in [-0.4, -0.2) is 31.6 Å². The van der Waals surface area contributed by atoms with Gasteiger partial charge in [-0.05, 0) is 23.6 Å². The van der Waals surface area contributed by atoms with Gasteiger partial charge >= 0.3 is 16.2 Å². The average Bonchev–Trinajstić information content (AvgIpc) is 3.15. The summed E-state index contributed by atoms with van der Waals surface area (Å²) in [7, 11) is -2.63. The molecule has 8 nitrogen and oxygen atoms in total. The molecule has 0 aliphatic heterocycles. The van der Waals surface area contributed by atoms with Crippen molar-refractivity contribution in [3.05, 3.63) is 35.7 Å². The van der Waals surface area contributed by atoms with Gasteiger partial charge in [0, 0.05) is 6.07 Å². The molecular formula is C13H11N3O5S2. The number of aromatic nitrogens is 2. The van der Waals surface area contributed by atoms with Gasteiger partial charge in [-0.15, -0.1) is 11.3 Å². The summed E-state index contributed by atoms with van der Waals surface area (Å²) < 4.78 is 33.8. The predicted molar refractivity (Wildman–Crippen MR) is 84.3 cm³/mol.